The largest absolute Gasteiger partial charge is 0.416 e. The molecule has 0 saturated carbocycles. The van der Waals surface area contributed by atoms with Crippen LogP contribution >= 0.6 is 0 Å². The third-order valence-corrected chi connectivity index (χ3v) is 6.96. The van der Waals surface area contributed by atoms with Crippen molar-refractivity contribution in [2.24, 2.45) is 0 Å². The highest BCUT2D eigenvalue weighted by Crippen LogP contribution is 2.36. The number of imide groups is 1. The van der Waals surface area contributed by atoms with Crippen LogP contribution in [-0.2, 0) is 15.0 Å². The number of aromatic nitrogens is 2. The molecule has 1 aromatic heterocycles. The van der Waals surface area contributed by atoms with Gasteiger partial charge in [0.2, 0.25) is 23.6 Å². The van der Waals surface area contributed by atoms with Crippen LogP contribution < -0.4 is 10.6 Å². The Morgan fingerprint density at radius 3 is 2.35 bits per heavy atom. The molecular weight excluding hydrogens is 468 g/mol. The lowest BCUT2D eigenvalue weighted by Crippen LogP contribution is -2.51. The standard InChI is InChI=1S/C29H26N4O4/c1-3-29(17-16-24(34)31-28(29)36)21-12-14-22(15-13-21)30-25(35)19-8-10-20(11-9-19)26-32-33-27(37-26)23-7-5-4-6-18(23)2/h4-15H,3,16-17H2,1-2H3,(H,30,35)(H,31,34,36). The zero-order chi connectivity index (χ0) is 26.0. The second-order valence-electron chi connectivity index (χ2n) is 9.15. The van der Waals surface area contributed by atoms with E-state index in [0.717, 1.165) is 16.7 Å². The molecule has 1 fully saturated rings. The summed E-state index contributed by atoms with van der Waals surface area (Å²) in [6, 6.07) is 21.9. The third kappa shape index (κ3) is 4.65. The molecule has 8 nitrogen and oxygen atoms in total. The first-order valence-electron chi connectivity index (χ1n) is 12.2. The zero-order valence-corrected chi connectivity index (χ0v) is 20.6. The van der Waals surface area contributed by atoms with Crippen LogP contribution in [0.3, 0.4) is 0 Å². The van der Waals surface area contributed by atoms with Crippen LogP contribution in [0.1, 0.15) is 47.7 Å². The number of hydrogen-bond acceptors (Lipinski definition) is 6. The Morgan fingerprint density at radius 1 is 0.973 bits per heavy atom. The number of hydrogen-bond donors (Lipinski definition) is 2. The van der Waals surface area contributed by atoms with E-state index >= 15 is 0 Å². The van der Waals surface area contributed by atoms with E-state index in [1.165, 1.54) is 0 Å². The van der Waals surface area contributed by atoms with Crippen molar-refractivity contribution in [3.8, 4) is 22.9 Å². The van der Waals surface area contributed by atoms with Crippen LogP contribution in [-0.4, -0.2) is 27.9 Å². The van der Waals surface area contributed by atoms with Crippen molar-refractivity contribution in [2.45, 2.75) is 38.5 Å². The molecule has 0 spiro atoms. The van der Waals surface area contributed by atoms with Crippen LogP contribution in [0.25, 0.3) is 22.9 Å². The molecule has 1 aliphatic rings. The molecule has 3 amide bonds. The van der Waals surface area contributed by atoms with E-state index in [9.17, 15) is 14.4 Å². The van der Waals surface area contributed by atoms with Crippen LogP contribution in [0.15, 0.2) is 77.2 Å². The number of carbonyl (C=O) groups is 3. The summed E-state index contributed by atoms with van der Waals surface area (Å²) in [5, 5.41) is 13.6. The van der Waals surface area contributed by atoms with Crippen molar-refractivity contribution >= 4 is 23.4 Å². The van der Waals surface area contributed by atoms with Gasteiger partial charge in [-0.05, 0) is 73.4 Å². The maximum absolute atomic E-state index is 12.8. The van der Waals surface area contributed by atoms with Crippen molar-refractivity contribution in [2.75, 3.05) is 5.32 Å². The number of benzene rings is 3. The molecule has 37 heavy (non-hydrogen) atoms. The maximum atomic E-state index is 12.8. The molecule has 1 unspecified atom stereocenters. The minimum atomic E-state index is -0.736. The first-order chi connectivity index (χ1) is 17.9. The number of aryl methyl sites for hydroxylation is 1. The lowest BCUT2D eigenvalue weighted by atomic mass is 9.72. The summed E-state index contributed by atoms with van der Waals surface area (Å²) in [5.41, 5.74) is 3.80. The molecule has 2 N–H and O–H groups in total. The van der Waals surface area contributed by atoms with Crippen LogP contribution in [0, 0.1) is 6.92 Å². The van der Waals surface area contributed by atoms with Gasteiger partial charge in [-0.25, -0.2) is 0 Å². The molecule has 1 atom stereocenters. The number of amides is 3. The summed E-state index contributed by atoms with van der Waals surface area (Å²) in [7, 11) is 0. The Kier molecular flexibility index (Phi) is 6.40. The van der Waals surface area contributed by atoms with Gasteiger partial charge < -0.3 is 9.73 Å². The van der Waals surface area contributed by atoms with Crippen LogP contribution in [0.4, 0.5) is 5.69 Å². The minimum absolute atomic E-state index is 0.241. The normalized spacial score (nSPS) is 17.4. The molecule has 0 bridgehead atoms. The van der Waals surface area contributed by atoms with E-state index in [1.54, 1.807) is 36.4 Å². The van der Waals surface area contributed by atoms with Crippen molar-refractivity contribution in [3.05, 3.63) is 89.5 Å². The number of piperidine rings is 1. The van der Waals surface area contributed by atoms with Crippen molar-refractivity contribution in [3.63, 3.8) is 0 Å². The van der Waals surface area contributed by atoms with Gasteiger partial charge in [0.05, 0.1) is 5.41 Å². The lowest BCUT2D eigenvalue weighted by molar-refractivity contribution is -0.138. The van der Waals surface area contributed by atoms with E-state index in [2.05, 4.69) is 20.8 Å². The monoisotopic (exact) mass is 494 g/mol. The fourth-order valence-electron chi connectivity index (χ4n) is 4.67. The van der Waals surface area contributed by atoms with Gasteiger partial charge in [-0.2, -0.15) is 0 Å². The summed E-state index contributed by atoms with van der Waals surface area (Å²) >= 11 is 0. The van der Waals surface area contributed by atoms with E-state index in [-0.39, 0.29) is 17.7 Å². The molecule has 3 aromatic carbocycles. The topological polar surface area (TPSA) is 114 Å². The average molecular weight is 495 g/mol. The second kappa shape index (κ2) is 9.81. The Hall–Kier alpha value is -4.59. The first-order valence-corrected chi connectivity index (χ1v) is 12.2. The van der Waals surface area contributed by atoms with E-state index < -0.39 is 5.41 Å². The predicted molar refractivity (Wildman–Crippen MR) is 139 cm³/mol. The van der Waals surface area contributed by atoms with Gasteiger partial charge in [-0.15, -0.1) is 10.2 Å². The van der Waals surface area contributed by atoms with Crippen molar-refractivity contribution in [1.29, 1.82) is 0 Å². The van der Waals surface area contributed by atoms with Gasteiger partial charge in [0.1, 0.15) is 0 Å². The van der Waals surface area contributed by atoms with Crippen LogP contribution in [0.2, 0.25) is 0 Å². The molecule has 0 radical (unpaired) electrons. The van der Waals surface area contributed by atoms with E-state index in [1.807, 2.05) is 50.2 Å². The average Bonchev–Trinajstić information content (AvgIpc) is 3.40. The fourth-order valence-corrected chi connectivity index (χ4v) is 4.67. The number of nitrogens with one attached hydrogen (secondary N) is 2. The number of rotatable bonds is 6. The molecule has 5 rings (SSSR count). The lowest BCUT2D eigenvalue weighted by Gasteiger charge is -2.35. The third-order valence-electron chi connectivity index (χ3n) is 6.96. The van der Waals surface area contributed by atoms with Gasteiger partial charge >= 0.3 is 0 Å². The zero-order valence-electron chi connectivity index (χ0n) is 20.6. The quantitative estimate of drug-likeness (QED) is 0.363. The molecule has 8 heteroatoms. The van der Waals surface area contributed by atoms with Gasteiger partial charge in [-0.1, -0.05) is 37.3 Å². The molecule has 1 aliphatic heterocycles. The summed E-state index contributed by atoms with van der Waals surface area (Å²) < 4.78 is 5.85. The first kappa shape index (κ1) is 24.1. The van der Waals surface area contributed by atoms with Gasteiger partial charge in [-0.3, -0.25) is 19.7 Å². The molecular formula is C29H26N4O4. The minimum Gasteiger partial charge on any atom is -0.416 e. The number of carbonyl (C=O) groups excluding carboxylic acids is 3. The highest BCUT2D eigenvalue weighted by Gasteiger charge is 2.42. The summed E-state index contributed by atoms with van der Waals surface area (Å²) in [4.78, 5) is 37.0. The number of anilines is 1. The Balaban J connectivity index is 1.27. The summed E-state index contributed by atoms with van der Waals surface area (Å²) in [6.45, 7) is 3.92. The summed E-state index contributed by atoms with van der Waals surface area (Å²) in [5.74, 6) is 0.0430. The predicted octanol–water partition coefficient (Wildman–Crippen LogP) is 5.05. The van der Waals surface area contributed by atoms with Crippen LogP contribution in [0.5, 0.6) is 0 Å². The Labute approximate surface area is 214 Å². The SMILES string of the molecule is CCC1(c2ccc(NC(=O)c3ccc(-c4nnc(-c5ccccc5C)o4)cc3)cc2)CCC(=O)NC1=O. The maximum Gasteiger partial charge on any atom is 0.255 e. The molecule has 186 valence electrons. The smallest absolute Gasteiger partial charge is 0.255 e. The second-order valence-corrected chi connectivity index (χ2v) is 9.15. The van der Waals surface area contributed by atoms with Gasteiger partial charge in [0.15, 0.2) is 0 Å². The highest BCUT2D eigenvalue weighted by atomic mass is 16.4. The highest BCUT2D eigenvalue weighted by molar-refractivity contribution is 6.05. The van der Waals surface area contributed by atoms with E-state index in [4.69, 9.17) is 4.42 Å². The summed E-state index contributed by atoms with van der Waals surface area (Å²) in [6.07, 6.45) is 1.36. The Bertz CT molecular complexity index is 1470. The van der Waals surface area contributed by atoms with E-state index in [0.29, 0.717) is 47.9 Å². The van der Waals surface area contributed by atoms with Gasteiger partial charge in [0.25, 0.3) is 5.91 Å². The van der Waals surface area contributed by atoms with Crippen molar-refractivity contribution < 1.29 is 18.8 Å². The van der Waals surface area contributed by atoms with Crippen molar-refractivity contribution in [1.82, 2.24) is 15.5 Å². The molecule has 2 heterocycles. The Morgan fingerprint density at radius 2 is 1.68 bits per heavy atom. The molecule has 4 aromatic rings. The number of nitrogens with zero attached hydrogens (tertiary/aromatic N) is 2. The van der Waals surface area contributed by atoms with Gasteiger partial charge in [0, 0.05) is 28.8 Å². The molecule has 1 saturated heterocycles. The fraction of sp³-hybridized carbons (Fsp3) is 0.207. The molecule has 0 aliphatic carbocycles.